The average molecular weight is 579 g/mol. The van der Waals surface area contributed by atoms with Gasteiger partial charge in [-0.15, -0.1) is 0 Å². The zero-order chi connectivity index (χ0) is 29.5. The van der Waals surface area contributed by atoms with Crippen LogP contribution in [0.5, 0.6) is 0 Å². The Balaban J connectivity index is 1.19. The first-order valence-corrected chi connectivity index (χ1v) is 16.1. The fourth-order valence-corrected chi connectivity index (χ4v) is 10.2. The second-order valence-electron chi connectivity index (χ2n) is 14.6. The highest BCUT2D eigenvalue weighted by Gasteiger charge is 2.64. The van der Waals surface area contributed by atoms with Crippen molar-refractivity contribution >= 4 is 0 Å². The van der Waals surface area contributed by atoms with Crippen LogP contribution in [0.4, 0.5) is 0 Å². The maximum atomic E-state index is 10.4. The first-order chi connectivity index (χ1) is 19.5. The molecule has 0 aromatic heterocycles. The SMILES string of the molecule is CC1=C(CCC(C)COC(O/C=C\O)C(O)[C@H](O)CO)OC2C[C@H]3[C@@H]4CCC5CC(O)CCC5(C)[C@H]4CCC3(C)[C@@H]12. The summed E-state index contributed by atoms with van der Waals surface area (Å²) >= 11 is 0. The van der Waals surface area contributed by atoms with Crippen molar-refractivity contribution in [1.82, 2.24) is 0 Å². The third-order valence-electron chi connectivity index (χ3n) is 12.4. The summed E-state index contributed by atoms with van der Waals surface area (Å²) in [5, 5.41) is 48.4. The normalized spacial score (nSPS) is 43.0. The van der Waals surface area contributed by atoms with Crippen molar-refractivity contribution in [3.8, 4) is 0 Å². The number of allylic oxidation sites excluding steroid dienone is 1. The molecule has 4 fully saturated rings. The molecule has 41 heavy (non-hydrogen) atoms. The van der Waals surface area contributed by atoms with E-state index in [1.165, 1.54) is 37.7 Å². The number of aliphatic hydroxyl groups excluding tert-OH is 5. The number of hydrogen-bond acceptors (Lipinski definition) is 8. The Labute approximate surface area is 245 Å². The number of ether oxygens (including phenoxy) is 3. The van der Waals surface area contributed by atoms with Gasteiger partial charge in [0.05, 0.1) is 25.1 Å². The van der Waals surface area contributed by atoms with E-state index >= 15 is 0 Å². The minimum atomic E-state index is -1.45. The molecule has 0 aromatic carbocycles. The van der Waals surface area contributed by atoms with E-state index in [4.69, 9.17) is 24.4 Å². The van der Waals surface area contributed by atoms with Crippen LogP contribution in [0, 0.1) is 46.3 Å². The summed E-state index contributed by atoms with van der Waals surface area (Å²) in [4.78, 5) is 0. The summed E-state index contributed by atoms with van der Waals surface area (Å²) in [6.45, 7) is 9.13. The van der Waals surface area contributed by atoms with Gasteiger partial charge in [0.2, 0.25) is 6.29 Å². The molecule has 0 bridgehead atoms. The van der Waals surface area contributed by atoms with Crippen molar-refractivity contribution in [2.45, 2.75) is 123 Å². The second-order valence-corrected chi connectivity index (χ2v) is 14.6. The van der Waals surface area contributed by atoms with E-state index in [2.05, 4.69) is 27.7 Å². The van der Waals surface area contributed by atoms with Crippen molar-refractivity contribution in [3.05, 3.63) is 23.9 Å². The van der Waals surface area contributed by atoms with E-state index in [1.807, 2.05) is 0 Å². The summed E-state index contributed by atoms with van der Waals surface area (Å²) in [6, 6.07) is 0. The van der Waals surface area contributed by atoms with E-state index in [1.54, 1.807) is 0 Å². The predicted octanol–water partition coefficient (Wildman–Crippen LogP) is 4.81. The largest absolute Gasteiger partial charge is 0.512 e. The van der Waals surface area contributed by atoms with Crippen LogP contribution in [0.25, 0.3) is 0 Å². The van der Waals surface area contributed by atoms with Gasteiger partial charge in [-0.1, -0.05) is 20.8 Å². The Morgan fingerprint density at radius 3 is 2.54 bits per heavy atom. The molecule has 0 radical (unpaired) electrons. The first kappa shape index (κ1) is 31.1. The first-order valence-electron chi connectivity index (χ1n) is 16.1. The van der Waals surface area contributed by atoms with E-state index in [-0.39, 0.29) is 30.1 Å². The van der Waals surface area contributed by atoms with Crippen LogP contribution in [-0.4, -0.2) is 69.5 Å². The lowest BCUT2D eigenvalue weighted by Crippen LogP contribution is -2.54. The lowest BCUT2D eigenvalue weighted by atomic mass is 9.44. The highest BCUT2D eigenvalue weighted by molar-refractivity contribution is 5.26. The zero-order valence-electron chi connectivity index (χ0n) is 25.5. The molecule has 8 heteroatoms. The molecule has 1 heterocycles. The van der Waals surface area contributed by atoms with Gasteiger partial charge in [0.25, 0.3) is 0 Å². The van der Waals surface area contributed by atoms with Gasteiger partial charge in [-0.3, -0.25) is 0 Å². The van der Waals surface area contributed by atoms with Crippen LogP contribution >= 0.6 is 0 Å². The van der Waals surface area contributed by atoms with Crippen molar-refractivity contribution in [3.63, 3.8) is 0 Å². The molecule has 5 rings (SSSR count). The molecule has 4 aliphatic carbocycles. The summed E-state index contributed by atoms with van der Waals surface area (Å²) in [6.07, 6.45) is 8.97. The number of aliphatic hydroxyl groups is 5. The molecular weight excluding hydrogens is 524 g/mol. The van der Waals surface area contributed by atoms with Crippen LogP contribution in [0.15, 0.2) is 23.9 Å². The van der Waals surface area contributed by atoms with Crippen LogP contribution in [0.1, 0.15) is 91.9 Å². The van der Waals surface area contributed by atoms with E-state index < -0.39 is 25.1 Å². The molecule has 1 aliphatic heterocycles. The van der Waals surface area contributed by atoms with E-state index in [0.29, 0.717) is 23.5 Å². The third kappa shape index (κ3) is 5.68. The van der Waals surface area contributed by atoms with Crippen molar-refractivity contribution in [2.75, 3.05) is 13.2 Å². The summed E-state index contributed by atoms with van der Waals surface area (Å²) in [5.41, 5.74) is 2.11. The van der Waals surface area contributed by atoms with Gasteiger partial charge in [-0.25, -0.2) is 0 Å². The van der Waals surface area contributed by atoms with Gasteiger partial charge in [-0.05, 0) is 111 Å². The smallest absolute Gasteiger partial charge is 0.228 e. The maximum Gasteiger partial charge on any atom is 0.228 e. The monoisotopic (exact) mass is 578 g/mol. The Morgan fingerprint density at radius 2 is 1.80 bits per heavy atom. The number of hydrogen-bond donors (Lipinski definition) is 5. The van der Waals surface area contributed by atoms with Crippen LogP contribution in [0.2, 0.25) is 0 Å². The molecule has 8 unspecified atom stereocenters. The third-order valence-corrected chi connectivity index (χ3v) is 12.4. The minimum Gasteiger partial charge on any atom is -0.512 e. The molecule has 5 aliphatic rings. The molecule has 5 N–H and O–H groups in total. The summed E-state index contributed by atoms with van der Waals surface area (Å²) in [5.74, 6) is 4.74. The average Bonchev–Trinajstić information content (AvgIpc) is 3.44. The van der Waals surface area contributed by atoms with Gasteiger partial charge in [0.15, 0.2) is 0 Å². The standard InChI is InChI=1S/C33H54O8/c1-19(18-40-31(39-14-13-34)30(38)26(37)17-35)5-8-27-20(2)29-28(41-27)16-25-23-7-6-21-15-22(36)9-11-32(21,3)24(23)10-12-33(25,29)4/h13-14,19,21-26,28-31,34-38H,5-12,15-18H2,1-4H3/b14-13-/t19?,21?,22?,23-,24+,25+,26-,28?,29+,30?,31?,32?,33?/m1/s1. The summed E-state index contributed by atoms with van der Waals surface area (Å²) in [7, 11) is 0. The maximum absolute atomic E-state index is 10.4. The Bertz CT molecular complexity index is 967. The van der Waals surface area contributed by atoms with Gasteiger partial charge < -0.3 is 39.7 Å². The van der Waals surface area contributed by atoms with Crippen LogP contribution < -0.4 is 0 Å². The second kappa shape index (κ2) is 12.4. The lowest BCUT2D eigenvalue weighted by molar-refractivity contribution is -0.201. The minimum absolute atomic E-state index is 0.0952. The van der Waals surface area contributed by atoms with E-state index in [0.717, 1.165) is 61.9 Å². The van der Waals surface area contributed by atoms with Crippen molar-refractivity contribution in [1.29, 1.82) is 0 Å². The van der Waals surface area contributed by atoms with Crippen molar-refractivity contribution < 1.29 is 39.7 Å². The van der Waals surface area contributed by atoms with E-state index in [9.17, 15) is 15.3 Å². The van der Waals surface area contributed by atoms with Crippen molar-refractivity contribution in [2.24, 2.45) is 46.3 Å². The molecule has 0 amide bonds. The molecule has 0 saturated heterocycles. The van der Waals surface area contributed by atoms with Gasteiger partial charge >= 0.3 is 0 Å². The Kier molecular flexibility index (Phi) is 9.37. The van der Waals surface area contributed by atoms with Gasteiger partial charge in [0.1, 0.15) is 30.8 Å². The fourth-order valence-electron chi connectivity index (χ4n) is 10.2. The predicted molar refractivity (Wildman–Crippen MR) is 154 cm³/mol. The lowest BCUT2D eigenvalue weighted by Gasteiger charge is -2.60. The molecule has 0 spiro atoms. The zero-order valence-corrected chi connectivity index (χ0v) is 25.5. The number of rotatable bonds is 11. The molecule has 234 valence electrons. The molecule has 13 atom stereocenters. The molecular formula is C33H54O8. The Morgan fingerprint density at radius 1 is 1.05 bits per heavy atom. The van der Waals surface area contributed by atoms with Gasteiger partial charge in [0, 0.05) is 12.3 Å². The van der Waals surface area contributed by atoms with Gasteiger partial charge in [-0.2, -0.15) is 0 Å². The number of fused-ring (bicyclic) bond motifs is 7. The fraction of sp³-hybridized carbons (Fsp3) is 0.879. The molecule has 0 aromatic rings. The highest BCUT2D eigenvalue weighted by atomic mass is 16.7. The molecule has 8 nitrogen and oxygen atoms in total. The quantitative estimate of drug-likeness (QED) is 0.175. The van der Waals surface area contributed by atoms with Crippen LogP contribution in [-0.2, 0) is 14.2 Å². The topological polar surface area (TPSA) is 129 Å². The highest BCUT2D eigenvalue weighted by Crippen LogP contribution is 2.69. The summed E-state index contributed by atoms with van der Waals surface area (Å²) < 4.78 is 17.6. The molecule has 4 saturated carbocycles. The van der Waals surface area contributed by atoms with Crippen LogP contribution in [0.3, 0.4) is 0 Å². The Hall–Kier alpha value is -1.32.